The molecular formula is C13H13N3S. The Bertz CT molecular complexity index is 706. The predicted octanol–water partition coefficient (Wildman–Crippen LogP) is 2.58. The van der Waals surface area contributed by atoms with Crippen molar-refractivity contribution < 1.29 is 0 Å². The van der Waals surface area contributed by atoms with E-state index in [2.05, 4.69) is 27.6 Å². The second-order valence-electron chi connectivity index (χ2n) is 5.02. The molecule has 2 N–H and O–H groups in total. The highest BCUT2D eigenvalue weighted by molar-refractivity contribution is 7.23. The van der Waals surface area contributed by atoms with Crippen LogP contribution in [0, 0.1) is 0 Å². The molecule has 1 saturated carbocycles. The molecule has 0 atom stereocenters. The van der Waals surface area contributed by atoms with Crippen LogP contribution in [0.5, 0.6) is 0 Å². The number of fused-ring (bicyclic) bond motifs is 3. The molecule has 0 saturated heterocycles. The number of aromatic nitrogens is 2. The smallest absolute Gasteiger partial charge is 0.194 e. The van der Waals surface area contributed by atoms with E-state index in [0.29, 0.717) is 0 Å². The van der Waals surface area contributed by atoms with Gasteiger partial charge in [0.25, 0.3) is 0 Å². The molecule has 0 bridgehead atoms. The van der Waals surface area contributed by atoms with Gasteiger partial charge in [-0.3, -0.25) is 4.40 Å². The van der Waals surface area contributed by atoms with E-state index in [1.54, 1.807) is 11.3 Å². The van der Waals surface area contributed by atoms with Gasteiger partial charge in [-0.25, -0.2) is 4.98 Å². The Kier molecular flexibility index (Phi) is 1.75. The second-order valence-corrected chi connectivity index (χ2v) is 6.03. The molecule has 0 amide bonds. The first-order valence-corrected chi connectivity index (χ1v) is 6.69. The highest BCUT2D eigenvalue weighted by Gasteiger charge is 2.37. The van der Waals surface area contributed by atoms with E-state index >= 15 is 0 Å². The fourth-order valence-corrected chi connectivity index (χ4v) is 3.39. The lowest BCUT2D eigenvalue weighted by Gasteiger charge is -2.07. The van der Waals surface area contributed by atoms with Gasteiger partial charge in [-0.2, -0.15) is 0 Å². The van der Waals surface area contributed by atoms with Crippen molar-refractivity contribution in [2.75, 3.05) is 0 Å². The molecule has 1 aromatic carbocycles. The lowest BCUT2D eigenvalue weighted by molar-refractivity contribution is 0.673. The predicted molar refractivity (Wildman–Crippen MR) is 70.4 cm³/mol. The van der Waals surface area contributed by atoms with Gasteiger partial charge in [0.05, 0.1) is 10.2 Å². The standard InChI is InChI=1S/C13H13N3S/c14-13(3-4-13)8-9-1-2-10-11(7-9)17-12-15-5-6-16(10)12/h1-2,5-7H,3-4,8,14H2. The van der Waals surface area contributed by atoms with Crippen LogP contribution in [0.4, 0.5) is 0 Å². The quantitative estimate of drug-likeness (QED) is 0.751. The number of nitrogens with two attached hydrogens (primary N) is 1. The van der Waals surface area contributed by atoms with Gasteiger partial charge in [0, 0.05) is 17.9 Å². The summed E-state index contributed by atoms with van der Waals surface area (Å²) in [6.45, 7) is 0. The molecule has 0 unspecified atom stereocenters. The second kappa shape index (κ2) is 3.09. The molecule has 0 radical (unpaired) electrons. The van der Waals surface area contributed by atoms with E-state index in [1.165, 1.54) is 28.6 Å². The van der Waals surface area contributed by atoms with Crippen molar-refractivity contribution in [3.63, 3.8) is 0 Å². The van der Waals surface area contributed by atoms with Crippen LogP contribution in [0.3, 0.4) is 0 Å². The van der Waals surface area contributed by atoms with Gasteiger partial charge in [-0.1, -0.05) is 17.4 Å². The molecule has 3 nitrogen and oxygen atoms in total. The van der Waals surface area contributed by atoms with Gasteiger partial charge in [0.15, 0.2) is 4.96 Å². The van der Waals surface area contributed by atoms with E-state index < -0.39 is 0 Å². The van der Waals surface area contributed by atoms with Gasteiger partial charge in [-0.15, -0.1) is 0 Å². The summed E-state index contributed by atoms with van der Waals surface area (Å²) in [5, 5.41) is 0. The normalized spacial score (nSPS) is 17.9. The lowest BCUT2D eigenvalue weighted by Crippen LogP contribution is -2.24. The molecule has 3 aromatic rings. The van der Waals surface area contributed by atoms with Gasteiger partial charge in [-0.05, 0) is 37.0 Å². The fraction of sp³-hybridized carbons (Fsp3) is 0.308. The van der Waals surface area contributed by atoms with E-state index in [4.69, 9.17) is 5.73 Å². The van der Waals surface area contributed by atoms with Crippen molar-refractivity contribution >= 4 is 26.5 Å². The van der Waals surface area contributed by atoms with Crippen molar-refractivity contribution in [1.82, 2.24) is 9.38 Å². The van der Waals surface area contributed by atoms with Gasteiger partial charge >= 0.3 is 0 Å². The van der Waals surface area contributed by atoms with E-state index in [-0.39, 0.29) is 5.54 Å². The molecular weight excluding hydrogens is 230 g/mol. The third kappa shape index (κ3) is 1.48. The molecule has 0 spiro atoms. The van der Waals surface area contributed by atoms with E-state index in [9.17, 15) is 0 Å². The molecule has 1 fully saturated rings. The van der Waals surface area contributed by atoms with Crippen LogP contribution >= 0.6 is 11.3 Å². The average molecular weight is 243 g/mol. The van der Waals surface area contributed by atoms with Gasteiger partial charge < -0.3 is 5.73 Å². The van der Waals surface area contributed by atoms with Gasteiger partial charge in [0.1, 0.15) is 0 Å². The Morgan fingerprint density at radius 1 is 1.41 bits per heavy atom. The van der Waals surface area contributed by atoms with Crippen LogP contribution in [0.1, 0.15) is 18.4 Å². The summed E-state index contributed by atoms with van der Waals surface area (Å²) in [6.07, 6.45) is 7.19. The van der Waals surface area contributed by atoms with Crippen molar-refractivity contribution in [3.05, 3.63) is 36.2 Å². The summed E-state index contributed by atoms with van der Waals surface area (Å²) >= 11 is 1.74. The monoisotopic (exact) mass is 243 g/mol. The van der Waals surface area contributed by atoms with Crippen LogP contribution < -0.4 is 5.73 Å². The highest BCUT2D eigenvalue weighted by atomic mass is 32.1. The number of imidazole rings is 1. The number of nitrogens with zero attached hydrogens (tertiary/aromatic N) is 2. The molecule has 17 heavy (non-hydrogen) atoms. The van der Waals surface area contributed by atoms with Crippen LogP contribution in [-0.4, -0.2) is 14.9 Å². The molecule has 2 heterocycles. The highest BCUT2D eigenvalue weighted by Crippen LogP contribution is 2.36. The minimum absolute atomic E-state index is 0.0884. The summed E-state index contributed by atoms with van der Waals surface area (Å²) in [7, 11) is 0. The number of hydrogen-bond donors (Lipinski definition) is 1. The van der Waals surface area contributed by atoms with E-state index in [0.717, 1.165) is 11.4 Å². The molecule has 86 valence electrons. The van der Waals surface area contributed by atoms with Crippen LogP contribution in [0.25, 0.3) is 15.2 Å². The third-order valence-corrected chi connectivity index (χ3v) is 4.57. The maximum atomic E-state index is 6.16. The first kappa shape index (κ1) is 9.62. The minimum atomic E-state index is 0.0884. The molecule has 1 aliphatic rings. The van der Waals surface area contributed by atoms with Crippen molar-refractivity contribution in [1.29, 1.82) is 0 Å². The van der Waals surface area contributed by atoms with Gasteiger partial charge in [0.2, 0.25) is 0 Å². The molecule has 4 rings (SSSR count). The Balaban J connectivity index is 1.85. The Morgan fingerprint density at radius 3 is 3.12 bits per heavy atom. The Labute approximate surface area is 103 Å². The molecule has 2 aromatic heterocycles. The number of benzene rings is 1. The van der Waals surface area contributed by atoms with Crippen molar-refractivity contribution in [3.8, 4) is 0 Å². The Hall–Kier alpha value is -1.39. The summed E-state index contributed by atoms with van der Waals surface area (Å²) in [5.41, 5.74) is 8.84. The maximum Gasteiger partial charge on any atom is 0.194 e. The summed E-state index contributed by atoms with van der Waals surface area (Å²) in [6, 6.07) is 6.64. The average Bonchev–Trinajstić information content (AvgIpc) is 2.75. The number of rotatable bonds is 2. The zero-order chi connectivity index (χ0) is 11.5. The molecule has 0 aliphatic heterocycles. The summed E-state index contributed by atoms with van der Waals surface area (Å²) in [5.74, 6) is 0. The van der Waals surface area contributed by atoms with Crippen LogP contribution in [0.2, 0.25) is 0 Å². The zero-order valence-electron chi connectivity index (χ0n) is 9.39. The largest absolute Gasteiger partial charge is 0.325 e. The fourth-order valence-electron chi connectivity index (χ4n) is 2.34. The maximum absolute atomic E-state index is 6.16. The van der Waals surface area contributed by atoms with E-state index in [1.807, 2.05) is 12.4 Å². The van der Waals surface area contributed by atoms with Crippen LogP contribution in [0.15, 0.2) is 30.6 Å². The summed E-state index contributed by atoms with van der Waals surface area (Å²) < 4.78 is 3.44. The molecule has 1 aliphatic carbocycles. The van der Waals surface area contributed by atoms with Crippen LogP contribution in [-0.2, 0) is 6.42 Å². The first-order chi connectivity index (χ1) is 8.23. The van der Waals surface area contributed by atoms with Crippen molar-refractivity contribution in [2.45, 2.75) is 24.8 Å². The first-order valence-electron chi connectivity index (χ1n) is 5.87. The molecule has 4 heteroatoms. The zero-order valence-corrected chi connectivity index (χ0v) is 10.2. The minimum Gasteiger partial charge on any atom is -0.325 e. The number of thiazole rings is 1. The third-order valence-electron chi connectivity index (χ3n) is 3.54. The SMILES string of the molecule is NC1(Cc2ccc3c(c2)sc2nccn23)CC1. The topological polar surface area (TPSA) is 43.3 Å². The van der Waals surface area contributed by atoms with Crippen molar-refractivity contribution in [2.24, 2.45) is 5.73 Å². The number of hydrogen-bond acceptors (Lipinski definition) is 3. The Morgan fingerprint density at radius 2 is 2.29 bits per heavy atom. The summed E-state index contributed by atoms with van der Waals surface area (Å²) in [4.78, 5) is 5.39. The lowest BCUT2D eigenvalue weighted by atomic mass is 10.1.